The summed E-state index contributed by atoms with van der Waals surface area (Å²) in [5.74, 6) is 0. The Morgan fingerprint density at radius 2 is 1.25 bits per heavy atom. The first kappa shape index (κ1) is 6.97. The van der Waals surface area contributed by atoms with Crippen molar-refractivity contribution < 1.29 is 14.4 Å². The van der Waals surface area contributed by atoms with E-state index in [0.29, 0.717) is 0 Å². The molecule has 0 atom stereocenters. The van der Waals surface area contributed by atoms with Gasteiger partial charge < -0.3 is 20.1 Å². The summed E-state index contributed by atoms with van der Waals surface area (Å²) in [6, 6.07) is 0. The number of hydrogen-bond acceptors (Lipinski definition) is 4. The molecule has 0 spiro atoms. The van der Waals surface area contributed by atoms with Crippen LogP contribution in [0.1, 0.15) is 0 Å². The molecule has 0 fully saturated rings. The van der Waals surface area contributed by atoms with Gasteiger partial charge in [0.2, 0.25) is 0 Å². The van der Waals surface area contributed by atoms with Crippen molar-refractivity contribution in [1.82, 2.24) is 0 Å². The maximum Gasteiger partial charge on any atom is 0.184 e. The Kier molecular flexibility index (Phi) is 2.02. The second-order valence-corrected chi connectivity index (χ2v) is 1.35. The Bertz CT molecular complexity index is 98.7. The highest BCUT2D eigenvalue weighted by Gasteiger charge is 2.21. The van der Waals surface area contributed by atoms with Crippen LogP contribution < -0.4 is 5.73 Å². The molecular formula is C4H5NO3. The molecule has 0 aromatic rings. The Balaban J connectivity index is 4.18. The lowest BCUT2D eigenvalue weighted by Crippen LogP contribution is -2.44. The van der Waals surface area contributed by atoms with Gasteiger partial charge in [-0.2, -0.15) is 0 Å². The van der Waals surface area contributed by atoms with E-state index >= 15 is 0 Å². The van der Waals surface area contributed by atoms with Crippen molar-refractivity contribution in [3.8, 4) is 0 Å². The van der Waals surface area contributed by atoms with Crippen LogP contribution in [0.4, 0.5) is 0 Å². The van der Waals surface area contributed by atoms with E-state index in [-0.39, 0.29) is 18.9 Å². The van der Waals surface area contributed by atoms with Gasteiger partial charge in [-0.25, -0.2) is 0 Å². The van der Waals surface area contributed by atoms with Gasteiger partial charge >= 0.3 is 0 Å². The fraction of sp³-hybridized carbons (Fsp3) is 0.250. The van der Waals surface area contributed by atoms with Crippen LogP contribution >= 0.6 is 0 Å². The van der Waals surface area contributed by atoms with Crippen molar-refractivity contribution in [2.45, 2.75) is 5.54 Å². The minimum Gasteiger partial charge on any atom is -0.307 e. The minimum absolute atomic E-state index is 0.0903. The highest BCUT2D eigenvalue weighted by Crippen LogP contribution is 1.80. The van der Waals surface area contributed by atoms with Crippen LogP contribution in [0, 0.1) is 0 Å². The number of nitrogens with two attached hydrogens (primary N) is 1. The lowest BCUT2D eigenvalue weighted by Gasteiger charge is -2.01. The second-order valence-electron chi connectivity index (χ2n) is 1.35. The molecule has 4 heteroatoms. The fourth-order valence-corrected chi connectivity index (χ4v) is 0.0833. The number of aldehydes is 3. The summed E-state index contributed by atoms with van der Waals surface area (Å²) >= 11 is 0. The smallest absolute Gasteiger partial charge is 0.184 e. The van der Waals surface area contributed by atoms with Crippen LogP contribution in [0.2, 0.25) is 0 Å². The van der Waals surface area contributed by atoms with Gasteiger partial charge in [0.05, 0.1) is 0 Å². The average Bonchev–Trinajstić information content (AvgIpc) is 1.87. The number of carbonyl (C=O) groups excluding carboxylic acids is 3. The molecule has 0 radical (unpaired) electrons. The minimum atomic E-state index is -1.92. The zero-order valence-electron chi connectivity index (χ0n) is 4.03. The molecule has 0 amide bonds. The van der Waals surface area contributed by atoms with E-state index in [1.54, 1.807) is 0 Å². The Hall–Kier alpha value is -1.03. The lowest BCUT2D eigenvalue weighted by molar-refractivity contribution is -0.126. The van der Waals surface area contributed by atoms with Gasteiger partial charge in [-0.3, -0.25) is 0 Å². The first-order valence-corrected chi connectivity index (χ1v) is 1.86. The van der Waals surface area contributed by atoms with E-state index < -0.39 is 5.54 Å². The van der Waals surface area contributed by atoms with Gasteiger partial charge in [0.25, 0.3) is 0 Å². The summed E-state index contributed by atoms with van der Waals surface area (Å²) in [5, 5.41) is 0. The van der Waals surface area contributed by atoms with E-state index in [9.17, 15) is 14.4 Å². The van der Waals surface area contributed by atoms with Crippen molar-refractivity contribution >= 4 is 18.9 Å². The van der Waals surface area contributed by atoms with Crippen molar-refractivity contribution in [2.24, 2.45) is 5.73 Å². The summed E-state index contributed by atoms with van der Waals surface area (Å²) in [6.07, 6.45) is 0.271. The average molecular weight is 115 g/mol. The van der Waals surface area contributed by atoms with E-state index in [2.05, 4.69) is 0 Å². The van der Waals surface area contributed by atoms with Crippen LogP contribution in [-0.2, 0) is 14.4 Å². The van der Waals surface area contributed by atoms with Gasteiger partial charge in [-0.1, -0.05) is 0 Å². The van der Waals surface area contributed by atoms with Crippen LogP contribution in [0.15, 0.2) is 0 Å². The molecular weight excluding hydrogens is 110 g/mol. The maximum absolute atomic E-state index is 9.70. The van der Waals surface area contributed by atoms with Gasteiger partial charge in [-0.05, 0) is 0 Å². The van der Waals surface area contributed by atoms with Gasteiger partial charge in [-0.15, -0.1) is 0 Å². The number of carbonyl (C=O) groups is 3. The molecule has 0 aromatic heterocycles. The zero-order chi connectivity index (χ0) is 6.62. The molecule has 0 saturated carbocycles. The molecule has 44 valence electrons. The summed E-state index contributed by atoms with van der Waals surface area (Å²) < 4.78 is 0. The van der Waals surface area contributed by atoms with Crippen LogP contribution in [0.5, 0.6) is 0 Å². The molecule has 4 nitrogen and oxygen atoms in total. The first-order valence-electron chi connectivity index (χ1n) is 1.86. The largest absolute Gasteiger partial charge is 0.307 e. The van der Waals surface area contributed by atoms with Gasteiger partial charge in [0, 0.05) is 0 Å². The quantitative estimate of drug-likeness (QED) is 0.350. The Labute approximate surface area is 45.7 Å². The predicted octanol–water partition coefficient (Wildman–Crippen LogP) is -1.72. The third kappa shape index (κ3) is 1.23. The lowest BCUT2D eigenvalue weighted by atomic mass is 10.1. The topological polar surface area (TPSA) is 77.2 Å². The SMILES string of the molecule is NC(C=O)(C=O)C=O. The van der Waals surface area contributed by atoms with E-state index in [1.165, 1.54) is 0 Å². The van der Waals surface area contributed by atoms with E-state index in [4.69, 9.17) is 5.73 Å². The highest BCUT2D eigenvalue weighted by molar-refractivity contribution is 6.07. The highest BCUT2D eigenvalue weighted by atomic mass is 16.2. The molecule has 0 bridgehead atoms. The molecule has 0 aliphatic heterocycles. The van der Waals surface area contributed by atoms with Crippen LogP contribution in [0.3, 0.4) is 0 Å². The summed E-state index contributed by atoms with van der Waals surface area (Å²) in [6.45, 7) is 0. The molecule has 0 unspecified atom stereocenters. The molecule has 0 aliphatic rings. The summed E-state index contributed by atoms with van der Waals surface area (Å²) in [5.41, 5.74) is 2.88. The molecule has 8 heavy (non-hydrogen) atoms. The zero-order valence-corrected chi connectivity index (χ0v) is 4.03. The first-order chi connectivity index (χ1) is 3.68. The molecule has 0 rings (SSSR count). The van der Waals surface area contributed by atoms with Crippen molar-refractivity contribution in [3.05, 3.63) is 0 Å². The van der Waals surface area contributed by atoms with Crippen molar-refractivity contribution in [1.29, 1.82) is 0 Å². The van der Waals surface area contributed by atoms with Gasteiger partial charge in [0.1, 0.15) is 0 Å². The van der Waals surface area contributed by atoms with Gasteiger partial charge in [0.15, 0.2) is 24.4 Å². The Morgan fingerprint density at radius 3 is 1.25 bits per heavy atom. The predicted molar refractivity (Wildman–Crippen MR) is 25.1 cm³/mol. The summed E-state index contributed by atoms with van der Waals surface area (Å²) in [7, 11) is 0. The third-order valence-corrected chi connectivity index (χ3v) is 0.612. The second kappa shape index (κ2) is 2.32. The van der Waals surface area contributed by atoms with E-state index in [1.807, 2.05) is 0 Å². The molecule has 0 aliphatic carbocycles. The third-order valence-electron chi connectivity index (χ3n) is 0.612. The van der Waals surface area contributed by atoms with Crippen LogP contribution in [0.25, 0.3) is 0 Å². The maximum atomic E-state index is 9.70. The van der Waals surface area contributed by atoms with Crippen molar-refractivity contribution in [3.63, 3.8) is 0 Å². The molecule has 0 heterocycles. The summed E-state index contributed by atoms with van der Waals surface area (Å²) in [4.78, 5) is 29.1. The molecule has 2 N–H and O–H groups in total. The monoisotopic (exact) mass is 115 g/mol. The molecule has 0 saturated heterocycles. The standard InChI is InChI=1S/C4H5NO3/c5-4(1-6,2-7)3-8/h1-3H,5H2. The normalized spacial score (nSPS) is 10.1. The van der Waals surface area contributed by atoms with E-state index in [0.717, 1.165) is 0 Å². The number of hydrogen-bond donors (Lipinski definition) is 1. The fourth-order valence-electron chi connectivity index (χ4n) is 0.0833. The molecule has 0 aromatic carbocycles. The Morgan fingerprint density at radius 1 is 1.00 bits per heavy atom. The van der Waals surface area contributed by atoms with Crippen molar-refractivity contribution in [2.75, 3.05) is 0 Å². The van der Waals surface area contributed by atoms with Crippen LogP contribution in [-0.4, -0.2) is 24.4 Å². The number of rotatable bonds is 3.